The molecule has 140 valence electrons. The summed E-state index contributed by atoms with van der Waals surface area (Å²) in [7, 11) is 0. The van der Waals surface area contributed by atoms with Crippen molar-refractivity contribution in [2.45, 2.75) is 0 Å². The van der Waals surface area contributed by atoms with E-state index in [2.05, 4.69) is 10.6 Å². The molecule has 8 nitrogen and oxygen atoms in total. The molecule has 1 aromatic carbocycles. The largest absolute Gasteiger partial charge is 0.452 e. The van der Waals surface area contributed by atoms with Crippen molar-refractivity contribution in [1.82, 2.24) is 10.2 Å². The van der Waals surface area contributed by atoms with E-state index in [1.807, 2.05) is 0 Å². The van der Waals surface area contributed by atoms with Crippen LogP contribution in [-0.4, -0.2) is 48.4 Å². The van der Waals surface area contributed by atoms with Crippen molar-refractivity contribution in [2.24, 2.45) is 0 Å². The van der Waals surface area contributed by atoms with Gasteiger partial charge in [0, 0.05) is 18.1 Å². The van der Waals surface area contributed by atoms with Gasteiger partial charge in [-0.15, -0.1) is 11.3 Å². The topological polar surface area (TPSA) is 105 Å². The molecule has 1 fully saturated rings. The van der Waals surface area contributed by atoms with E-state index in [-0.39, 0.29) is 17.8 Å². The van der Waals surface area contributed by atoms with E-state index in [0.717, 1.165) is 4.90 Å². The number of amides is 4. The number of nitrogens with zero attached hydrogens (tertiary/aromatic N) is 1. The fourth-order valence-electron chi connectivity index (χ4n) is 2.38. The molecule has 10 heteroatoms. The van der Waals surface area contributed by atoms with Crippen molar-refractivity contribution < 1.29 is 23.9 Å². The zero-order valence-electron chi connectivity index (χ0n) is 13.9. The second-order valence-electron chi connectivity index (χ2n) is 5.47. The van der Waals surface area contributed by atoms with Crippen LogP contribution < -0.4 is 10.6 Å². The number of rotatable bonds is 5. The Balaban J connectivity index is 1.69. The van der Waals surface area contributed by atoms with Crippen molar-refractivity contribution >= 4 is 52.4 Å². The molecular weight excluding hydrogens is 394 g/mol. The molecule has 1 aliphatic rings. The van der Waals surface area contributed by atoms with E-state index in [4.69, 9.17) is 16.3 Å². The normalized spacial score (nSPS) is 13.2. The lowest BCUT2D eigenvalue weighted by molar-refractivity contribution is -0.130. The van der Waals surface area contributed by atoms with Crippen LogP contribution in [0.4, 0.5) is 10.5 Å². The van der Waals surface area contributed by atoms with Gasteiger partial charge in [0.05, 0.1) is 16.1 Å². The number of carbonyl (C=O) groups is 4. The van der Waals surface area contributed by atoms with Crippen molar-refractivity contribution in [1.29, 1.82) is 0 Å². The number of halogens is 1. The molecule has 4 amide bonds. The summed E-state index contributed by atoms with van der Waals surface area (Å²) in [6.07, 6.45) is 0. The van der Waals surface area contributed by atoms with E-state index in [1.165, 1.54) is 29.5 Å². The van der Waals surface area contributed by atoms with Gasteiger partial charge in [-0.05, 0) is 29.6 Å². The molecule has 1 aromatic heterocycles. The first-order valence-corrected chi connectivity index (χ1v) is 9.11. The smallest absolute Gasteiger partial charge is 0.340 e. The monoisotopic (exact) mass is 407 g/mol. The second kappa shape index (κ2) is 8.19. The second-order valence-corrected chi connectivity index (χ2v) is 6.86. The highest BCUT2D eigenvalue weighted by Gasteiger charge is 2.27. The fraction of sp³-hybridized carbons (Fsp3) is 0.176. The number of thiophene rings is 1. The molecule has 0 aliphatic carbocycles. The third-order valence-corrected chi connectivity index (χ3v) is 4.78. The Kier molecular flexibility index (Phi) is 5.72. The van der Waals surface area contributed by atoms with E-state index in [9.17, 15) is 19.2 Å². The highest BCUT2D eigenvalue weighted by Crippen LogP contribution is 2.23. The lowest BCUT2D eigenvalue weighted by atomic mass is 10.1. The van der Waals surface area contributed by atoms with Crippen LogP contribution in [0.2, 0.25) is 5.02 Å². The molecule has 0 unspecified atom stereocenters. The van der Waals surface area contributed by atoms with Gasteiger partial charge in [-0.2, -0.15) is 0 Å². The van der Waals surface area contributed by atoms with Gasteiger partial charge in [-0.3, -0.25) is 14.5 Å². The lowest BCUT2D eigenvalue weighted by Crippen LogP contribution is -2.37. The molecule has 2 heterocycles. The molecule has 0 bridgehead atoms. The first-order valence-electron chi connectivity index (χ1n) is 7.85. The first kappa shape index (κ1) is 18.9. The predicted octanol–water partition coefficient (Wildman–Crippen LogP) is 2.36. The van der Waals surface area contributed by atoms with Crippen molar-refractivity contribution in [2.75, 3.05) is 25.0 Å². The quantitative estimate of drug-likeness (QED) is 0.740. The van der Waals surface area contributed by atoms with Crippen molar-refractivity contribution in [3.8, 4) is 0 Å². The molecule has 1 aliphatic heterocycles. The number of imide groups is 1. The molecule has 1 saturated heterocycles. The maximum Gasteiger partial charge on any atom is 0.340 e. The molecule has 0 atom stereocenters. The molecule has 0 saturated carbocycles. The fourth-order valence-corrected chi connectivity index (χ4v) is 3.17. The summed E-state index contributed by atoms with van der Waals surface area (Å²) in [5, 5.41) is 7.17. The third-order valence-electron chi connectivity index (χ3n) is 3.68. The van der Waals surface area contributed by atoms with Crippen LogP contribution in [0.1, 0.15) is 20.0 Å². The maximum absolute atomic E-state index is 12.4. The molecule has 0 spiro atoms. The van der Waals surface area contributed by atoms with Gasteiger partial charge < -0.3 is 15.4 Å². The van der Waals surface area contributed by atoms with Gasteiger partial charge in [-0.25, -0.2) is 9.59 Å². The van der Waals surface area contributed by atoms with E-state index in [0.29, 0.717) is 16.4 Å². The van der Waals surface area contributed by atoms with Gasteiger partial charge in [0.25, 0.3) is 11.8 Å². The summed E-state index contributed by atoms with van der Waals surface area (Å²) in [6, 6.07) is 7.12. The number of ether oxygens (including phenoxy) is 1. The van der Waals surface area contributed by atoms with Crippen LogP contribution in [0.15, 0.2) is 35.7 Å². The minimum absolute atomic E-state index is 0.0444. The Bertz CT molecular complexity index is 900. The summed E-state index contributed by atoms with van der Waals surface area (Å²) >= 11 is 7.20. The third kappa shape index (κ3) is 4.44. The van der Waals surface area contributed by atoms with Crippen LogP contribution in [-0.2, 0) is 9.53 Å². The van der Waals surface area contributed by atoms with Crippen molar-refractivity contribution in [3.05, 3.63) is 51.2 Å². The number of anilines is 1. The average Bonchev–Trinajstić information content (AvgIpc) is 3.31. The number of esters is 1. The molecule has 2 N–H and O–H groups in total. The van der Waals surface area contributed by atoms with E-state index < -0.39 is 30.4 Å². The van der Waals surface area contributed by atoms with Crippen LogP contribution in [0, 0.1) is 0 Å². The standard InChI is InChI=1S/C17H14ClN3O5S/c18-10-3-4-11(12(8-10)20-15(23)13-2-1-7-27-13)16(24)26-9-14(22)21-6-5-19-17(21)25/h1-4,7-8H,5-6,9H2,(H,19,25)(H,20,23). The summed E-state index contributed by atoms with van der Waals surface area (Å²) in [5.74, 6) is -1.84. The Morgan fingerprint density at radius 1 is 1.30 bits per heavy atom. The minimum atomic E-state index is -0.818. The molecule has 0 radical (unpaired) electrons. The Morgan fingerprint density at radius 2 is 2.11 bits per heavy atom. The number of hydrogen-bond acceptors (Lipinski definition) is 6. The maximum atomic E-state index is 12.4. The summed E-state index contributed by atoms with van der Waals surface area (Å²) < 4.78 is 5.00. The Hall–Kier alpha value is -2.91. The zero-order chi connectivity index (χ0) is 19.4. The molecular formula is C17H14ClN3O5S. The zero-order valence-corrected chi connectivity index (χ0v) is 15.4. The Morgan fingerprint density at radius 3 is 2.78 bits per heavy atom. The van der Waals surface area contributed by atoms with Crippen LogP contribution >= 0.6 is 22.9 Å². The summed E-state index contributed by atoms with van der Waals surface area (Å²) in [6.45, 7) is -0.0138. The van der Waals surface area contributed by atoms with E-state index >= 15 is 0 Å². The number of benzene rings is 1. The number of hydrogen-bond donors (Lipinski definition) is 2. The predicted molar refractivity (Wildman–Crippen MR) is 99.1 cm³/mol. The van der Waals surface area contributed by atoms with Gasteiger partial charge >= 0.3 is 12.0 Å². The minimum Gasteiger partial charge on any atom is -0.452 e. The van der Waals surface area contributed by atoms with Gasteiger partial charge in [0.2, 0.25) is 0 Å². The molecule has 2 aromatic rings. The van der Waals surface area contributed by atoms with Gasteiger partial charge in [-0.1, -0.05) is 17.7 Å². The average molecular weight is 408 g/mol. The lowest BCUT2D eigenvalue weighted by Gasteiger charge is -2.14. The van der Waals surface area contributed by atoms with Crippen LogP contribution in [0.5, 0.6) is 0 Å². The van der Waals surface area contributed by atoms with Crippen LogP contribution in [0.25, 0.3) is 0 Å². The summed E-state index contributed by atoms with van der Waals surface area (Å²) in [5.41, 5.74) is 0.209. The summed E-state index contributed by atoms with van der Waals surface area (Å²) in [4.78, 5) is 49.4. The van der Waals surface area contributed by atoms with Gasteiger partial charge in [0.1, 0.15) is 0 Å². The van der Waals surface area contributed by atoms with Gasteiger partial charge in [0.15, 0.2) is 6.61 Å². The SMILES string of the molecule is O=C(Nc1cc(Cl)ccc1C(=O)OCC(=O)N1CCNC1=O)c1cccs1. The molecule has 3 rings (SSSR count). The highest BCUT2D eigenvalue weighted by molar-refractivity contribution is 7.12. The first-order chi connectivity index (χ1) is 13.0. The highest BCUT2D eigenvalue weighted by atomic mass is 35.5. The Labute approximate surface area is 163 Å². The number of nitrogens with one attached hydrogen (secondary N) is 2. The van der Waals surface area contributed by atoms with Crippen LogP contribution in [0.3, 0.4) is 0 Å². The number of carbonyl (C=O) groups excluding carboxylic acids is 4. The van der Waals surface area contributed by atoms with Crippen molar-refractivity contribution in [3.63, 3.8) is 0 Å². The van der Waals surface area contributed by atoms with E-state index in [1.54, 1.807) is 17.5 Å². The number of urea groups is 1. The molecule has 27 heavy (non-hydrogen) atoms.